The van der Waals surface area contributed by atoms with E-state index in [4.69, 9.17) is 17.3 Å². The van der Waals surface area contributed by atoms with Crippen molar-refractivity contribution in [1.82, 2.24) is 10.3 Å². The molecule has 2 rings (SSSR count). The first kappa shape index (κ1) is 15.8. The molecule has 0 aliphatic heterocycles. The lowest BCUT2D eigenvalue weighted by Gasteiger charge is -2.03. The minimum Gasteiger partial charge on any atom is -0.351 e. The summed E-state index contributed by atoms with van der Waals surface area (Å²) in [6.07, 6.45) is 1.78. The SMILES string of the molecule is NCCCCNC(=O)c1csc(Nc2ccc(Cl)cc2)n1. The number of anilines is 2. The van der Waals surface area contributed by atoms with Gasteiger partial charge in [0.1, 0.15) is 5.69 Å². The largest absolute Gasteiger partial charge is 0.351 e. The fraction of sp³-hybridized carbons (Fsp3) is 0.286. The van der Waals surface area contributed by atoms with Crippen LogP contribution in [-0.2, 0) is 0 Å². The third-order valence-corrected chi connectivity index (χ3v) is 3.76. The van der Waals surface area contributed by atoms with Crippen molar-refractivity contribution in [3.8, 4) is 0 Å². The van der Waals surface area contributed by atoms with Gasteiger partial charge in [-0.3, -0.25) is 4.79 Å². The lowest BCUT2D eigenvalue weighted by Crippen LogP contribution is -2.25. The van der Waals surface area contributed by atoms with E-state index in [0.29, 0.717) is 28.9 Å². The molecule has 0 bridgehead atoms. The Kier molecular flexibility index (Phi) is 5.98. The summed E-state index contributed by atoms with van der Waals surface area (Å²) in [5.74, 6) is -0.160. The lowest BCUT2D eigenvalue weighted by atomic mass is 10.3. The molecule has 112 valence electrons. The van der Waals surface area contributed by atoms with Crippen LogP contribution in [0.25, 0.3) is 0 Å². The van der Waals surface area contributed by atoms with Crippen molar-refractivity contribution in [2.75, 3.05) is 18.4 Å². The topological polar surface area (TPSA) is 80.0 Å². The molecule has 0 saturated carbocycles. The van der Waals surface area contributed by atoms with Gasteiger partial charge in [0.15, 0.2) is 5.13 Å². The molecule has 0 saturated heterocycles. The maximum Gasteiger partial charge on any atom is 0.270 e. The second-order valence-corrected chi connectivity index (χ2v) is 5.72. The number of benzene rings is 1. The second kappa shape index (κ2) is 7.97. The van der Waals surface area contributed by atoms with Gasteiger partial charge < -0.3 is 16.4 Å². The maximum absolute atomic E-state index is 11.9. The Hall–Kier alpha value is -1.63. The van der Waals surface area contributed by atoms with Crippen LogP contribution in [0.4, 0.5) is 10.8 Å². The predicted molar refractivity (Wildman–Crippen MR) is 87.5 cm³/mol. The van der Waals surface area contributed by atoms with E-state index in [9.17, 15) is 4.79 Å². The summed E-state index contributed by atoms with van der Waals surface area (Å²) in [6, 6.07) is 7.30. The number of nitrogens with two attached hydrogens (primary N) is 1. The number of unbranched alkanes of at least 4 members (excludes halogenated alkanes) is 1. The van der Waals surface area contributed by atoms with Gasteiger partial charge in [0.25, 0.3) is 5.91 Å². The van der Waals surface area contributed by atoms with E-state index in [2.05, 4.69) is 15.6 Å². The number of amides is 1. The first-order valence-corrected chi connectivity index (χ1v) is 7.91. The average Bonchev–Trinajstić information content (AvgIpc) is 2.94. The van der Waals surface area contributed by atoms with Gasteiger partial charge in [0.2, 0.25) is 0 Å². The van der Waals surface area contributed by atoms with Gasteiger partial charge in [-0.05, 0) is 43.7 Å². The van der Waals surface area contributed by atoms with Crippen molar-refractivity contribution in [3.05, 3.63) is 40.4 Å². The fourth-order valence-corrected chi connectivity index (χ4v) is 2.49. The smallest absolute Gasteiger partial charge is 0.270 e. The molecule has 0 aliphatic carbocycles. The Morgan fingerprint density at radius 2 is 2.05 bits per heavy atom. The van der Waals surface area contributed by atoms with Crippen LogP contribution in [0.1, 0.15) is 23.3 Å². The molecule has 21 heavy (non-hydrogen) atoms. The molecular weight excluding hydrogens is 308 g/mol. The Bertz CT molecular complexity index is 585. The first-order chi connectivity index (χ1) is 10.2. The van der Waals surface area contributed by atoms with Gasteiger partial charge in [0, 0.05) is 22.6 Å². The third-order valence-electron chi connectivity index (χ3n) is 2.75. The summed E-state index contributed by atoms with van der Waals surface area (Å²) in [6.45, 7) is 1.26. The van der Waals surface area contributed by atoms with Gasteiger partial charge in [-0.25, -0.2) is 4.98 Å². The molecule has 1 heterocycles. The quantitative estimate of drug-likeness (QED) is 0.684. The monoisotopic (exact) mass is 324 g/mol. The highest BCUT2D eigenvalue weighted by atomic mass is 35.5. The van der Waals surface area contributed by atoms with Crippen molar-refractivity contribution in [2.24, 2.45) is 5.73 Å². The van der Waals surface area contributed by atoms with Crippen LogP contribution in [0.3, 0.4) is 0 Å². The van der Waals surface area contributed by atoms with E-state index < -0.39 is 0 Å². The summed E-state index contributed by atoms with van der Waals surface area (Å²) >= 11 is 7.21. The number of rotatable bonds is 7. The zero-order valence-corrected chi connectivity index (χ0v) is 13.0. The van der Waals surface area contributed by atoms with Crippen LogP contribution in [-0.4, -0.2) is 24.0 Å². The zero-order valence-electron chi connectivity index (χ0n) is 11.4. The zero-order chi connectivity index (χ0) is 15.1. The molecule has 1 aromatic heterocycles. The van der Waals surface area contributed by atoms with Crippen LogP contribution in [0.5, 0.6) is 0 Å². The maximum atomic E-state index is 11.9. The second-order valence-electron chi connectivity index (χ2n) is 4.42. The minimum absolute atomic E-state index is 0.160. The van der Waals surface area contributed by atoms with E-state index in [0.717, 1.165) is 18.5 Å². The van der Waals surface area contributed by atoms with Crippen LogP contribution < -0.4 is 16.4 Å². The molecular formula is C14H17ClN4OS. The molecule has 1 aromatic carbocycles. The van der Waals surface area contributed by atoms with Gasteiger partial charge in [0.05, 0.1) is 0 Å². The van der Waals surface area contributed by atoms with E-state index >= 15 is 0 Å². The summed E-state index contributed by atoms with van der Waals surface area (Å²) in [7, 11) is 0. The number of halogens is 1. The molecule has 1 amide bonds. The highest BCUT2D eigenvalue weighted by Crippen LogP contribution is 2.22. The van der Waals surface area contributed by atoms with Crippen molar-refractivity contribution < 1.29 is 4.79 Å². The molecule has 0 fully saturated rings. The average molecular weight is 325 g/mol. The predicted octanol–water partition coefficient (Wildman–Crippen LogP) is 3.01. The number of carbonyl (C=O) groups is 1. The molecule has 5 nitrogen and oxygen atoms in total. The first-order valence-electron chi connectivity index (χ1n) is 6.65. The Labute approximate surface area is 132 Å². The molecule has 7 heteroatoms. The highest BCUT2D eigenvalue weighted by Gasteiger charge is 2.10. The molecule has 0 spiro atoms. The molecule has 0 unspecified atom stereocenters. The van der Waals surface area contributed by atoms with E-state index in [-0.39, 0.29) is 5.91 Å². The number of hydrogen-bond acceptors (Lipinski definition) is 5. The van der Waals surface area contributed by atoms with Crippen molar-refractivity contribution in [1.29, 1.82) is 0 Å². The Morgan fingerprint density at radius 3 is 2.76 bits per heavy atom. The van der Waals surface area contributed by atoms with Crippen LogP contribution in [0.2, 0.25) is 5.02 Å². The van der Waals surface area contributed by atoms with Crippen molar-refractivity contribution in [2.45, 2.75) is 12.8 Å². The van der Waals surface area contributed by atoms with Gasteiger partial charge in [-0.2, -0.15) is 0 Å². The summed E-state index contributed by atoms with van der Waals surface area (Å²) in [5.41, 5.74) is 6.70. The molecule has 0 atom stereocenters. The number of carbonyl (C=O) groups excluding carboxylic acids is 1. The van der Waals surface area contributed by atoms with Crippen molar-refractivity contribution >= 4 is 39.7 Å². The van der Waals surface area contributed by atoms with E-state index in [1.807, 2.05) is 12.1 Å². The normalized spacial score (nSPS) is 10.4. The number of nitrogens with one attached hydrogen (secondary N) is 2. The van der Waals surface area contributed by atoms with Crippen molar-refractivity contribution in [3.63, 3.8) is 0 Å². The van der Waals surface area contributed by atoms with Crippen LogP contribution in [0, 0.1) is 0 Å². The standard InChI is InChI=1S/C14H17ClN4OS/c15-10-3-5-11(6-4-10)18-14-19-12(9-21-14)13(20)17-8-2-1-7-16/h3-6,9H,1-2,7-8,16H2,(H,17,20)(H,18,19). The van der Waals surface area contributed by atoms with Crippen LogP contribution >= 0.6 is 22.9 Å². The number of aromatic nitrogens is 1. The fourth-order valence-electron chi connectivity index (χ4n) is 1.65. The minimum atomic E-state index is -0.160. The molecule has 4 N–H and O–H groups in total. The molecule has 2 aromatic rings. The molecule has 0 aliphatic rings. The Balaban J connectivity index is 1.88. The van der Waals surface area contributed by atoms with E-state index in [1.165, 1.54) is 11.3 Å². The summed E-state index contributed by atoms with van der Waals surface area (Å²) in [4.78, 5) is 16.1. The lowest BCUT2D eigenvalue weighted by molar-refractivity contribution is 0.0949. The van der Waals surface area contributed by atoms with Gasteiger partial charge in [-0.1, -0.05) is 11.6 Å². The number of thiazole rings is 1. The number of nitrogens with zero attached hydrogens (tertiary/aromatic N) is 1. The summed E-state index contributed by atoms with van der Waals surface area (Å²) < 4.78 is 0. The van der Waals surface area contributed by atoms with E-state index in [1.54, 1.807) is 17.5 Å². The van der Waals surface area contributed by atoms with Gasteiger partial charge >= 0.3 is 0 Å². The highest BCUT2D eigenvalue weighted by molar-refractivity contribution is 7.14. The summed E-state index contributed by atoms with van der Waals surface area (Å²) in [5, 5.41) is 9.04. The van der Waals surface area contributed by atoms with Gasteiger partial charge in [-0.15, -0.1) is 11.3 Å². The number of hydrogen-bond donors (Lipinski definition) is 3. The van der Waals surface area contributed by atoms with Crippen LogP contribution in [0.15, 0.2) is 29.6 Å². The molecule has 0 radical (unpaired) electrons. The Morgan fingerprint density at radius 1 is 1.29 bits per heavy atom. The third kappa shape index (κ3) is 5.00.